The smallest absolute Gasteiger partial charge is 0.00265 e. The Hall–Kier alpha value is -5.46. The van der Waals surface area contributed by atoms with Crippen molar-refractivity contribution in [2.75, 3.05) is 0 Å². The number of benzene rings is 7. The standard InChI is InChI=1S/C43H32/c1-3-13-39-36(4-2)42(34-28-24-33(25-29-34)38-21-12-17-32-16-8-9-18-37(32)38)40-19-10-11-20-41(40)43(39)35-26-22-31(23-27-35)30-14-6-5-7-15-30/h3-29H,1H2,2H3/b36-4+,39-13+. The van der Waals surface area contributed by atoms with Crippen LogP contribution in [0.1, 0.15) is 6.92 Å². The van der Waals surface area contributed by atoms with Crippen LogP contribution in [0.3, 0.4) is 0 Å². The zero-order valence-corrected chi connectivity index (χ0v) is 24.3. The van der Waals surface area contributed by atoms with Gasteiger partial charge in [-0.1, -0.05) is 170 Å². The van der Waals surface area contributed by atoms with E-state index in [9.17, 15) is 0 Å². The Morgan fingerprint density at radius 2 is 0.907 bits per heavy atom. The first kappa shape index (κ1) is 26.4. The van der Waals surface area contributed by atoms with Gasteiger partial charge in [0.15, 0.2) is 0 Å². The van der Waals surface area contributed by atoms with E-state index in [4.69, 9.17) is 0 Å². The van der Waals surface area contributed by atoms with Crippen molar-refractivity contribution in [3.8, 4) is 44.5 Å². The SMILES string of the molecule is C=C/C=c1/c(-c2ccc(-c3ccccc3)cc2)c2ccccc2c(-c2ccc(-c3cccc4ccccc34)cc2)/c1=C/C. The van der Waals surface area contributed by atoms with E-state index in [1.54, 1.807) is 0 Å². The first-order valence-corrected chi connectivity index (χ1v) is 14.8. The highest BCUT2D eigenvalue weighted by Crippen LogP contribution is 2.34. The molecule has 43 heavy (non-hydrogen) atoms. The van der Waals surface area contributed by atoms with E-state index in [1.165, 1.54) is 76.5 Å². The molecule has 204 valence electrons. The Morgan fingerprint density at radius 1 is 0.419 bits per heavy atom. The third kappa shape index (κ3) is 4.78. The summed E-state index contributed by atoms with van der Waals surface area (Å²) >= 11 is 0. The third-order valence-corrected chi connectivity index (χ3v) is 8.42. The number of hydrogen-bond acceptors (Lipinski definition) is 0. The second-order valence-electron chi connectivity index (χ2n) is 10.9. The lowest BCUT2D eigenvalue weighted by Crippen LogP contribution is -2.29. The lowest BCUT2D eigenvalue weighted by molar-refractivity contribution is 1.50. The van der Waals surface area contributed by atoms with E-state index in [-0.39, 0.29) is 0 Å². The summed E-state index contributed by atoms with van der Waals surface area (Å²) in [5, 5.41) is 7.43. The van der Waals surface area contributed by atoms with Crippen molar-refractivity contribution >= 4 is 33.7 Å². The third-order valence-electron chi connectivity index (χ3n) is 8.42. The van der Waals surface area contributed by atoms with Gasteiger partial charge in [0.05, 0.1) is 0 Å². The lowest BCUT2D eigenvalue weighted by atomic mass is 9.87. The van der Waals surface area contributed by atoms with Gasteiger partial charge in [0.25, 0.3) is 0 Å². The van der Waals surface area contributed by atoms with Gasteiger partial charge in [-0.3, -0.25) is 0 Å². The predicted octanol–water partition coefficient (Wildman–Crippen LogP) is 10.4. The van der Waals surface area contributed by atoms with Crippen LogP contribution in [-0.4, -0.2) is 0 Å². The molecule has 0 fully saturated rings. The van der Waals surface area contributed by atoms with Crippen molar-refractivity contribution in [2.24, 2.45) is 0 Å². The molecule has 7 rings (SSSR count). The van der Waals surface area contributed by atoms with Crippen LogP contribution in [0.25, 0.3) is 78.2 Å². The summed E-state index contributed by atoms with van der Waals surface area (Å²) in [5.74, 6) is 0. The molecular weight excluding hydrogens is 516 g/mol. The fourth-order valence-electron chi connectivity index (χ4n) is 6.44. The molecule has 0 unspecified atom stereocenters. The summed E-state index contributed by atoms with van der Waals surface area (Å²) in [5.41, 5.74) is 9.81. The van der Waals surface area contributed by atoms with Crippen molar-refractivity contribution < 1.29 is 0 Å². The first-order valence-electron chi connectivity index (χ1n) is 14.8. The van der Waals surface area contributed by atoms with Crippen LogP contribution in [-0.2, 0) is 0 Å². The molecule has 0 heterocycles. The van der Waals surface area contributed by atoms with Crippen LogP contribution in [0.2, 0.25) is 0 Å². The Balaban J connectivity index is 1.43. The van der Waals surface area contributed by atoms with Crippen molar-refractivity contribution in [1.29, 1.82) is 0 Å². The summed E-state index contributed by atoms with van der Waals surface area (Å²) in [6, 6.07) is 52.5. The summed E-state index contributed by atoms with van der Waals surface area (Å²) in [4.78, 5) is 0. The Labute approximate surface area is 253 Å². The molecule has 0 aromatic heterocycles. The van der Waals surface area contributed by atoms with Gasteiger partial charge in [0, 0.05) is 0 Å². The van der Waals surface area contributed by atoms with Crippen LogP contribution in [0, 0.1) is 0 Å². The number of rotatable bonds is 5. The summed E-state index contributed by atoms with van der Waals surface area (Å²) in [6.07, 6.45) is 6.32. The molecule has 0 aliphatic carbocycles. The van der Waals surface area contributed by atoms with Crippen LogP contribution in [0.4, 0.5) is 0 Å². The lowest BCUT2D eigenvalue weighted by Gasteiger charge is -2.16. The highest BCUT2D eigenvalue weighted by atomic mass is 14.2. The normalized spacial score (nSPS) is 12.2. The number of hydrogen-bond donors (Lipinski definition) is 0. The summed E-state index contributed by atoms with van der Waals surface area (Å²) in [6.45, 7) is 6.24. The van der Waals surface area contributed by atoms with Gasteiger partial charge in [-0.15, -0.1) is 0 Å². The quantitative estimate of drug-likeness (QED) is 0.201. The van der Waals surface area contributed by atoms with Gasteiger partial charge in [-0.25, -0.2) is 0 Å². The van der Waals surface area contributed by atoms with Crippen molar-refractivity contribution in [2.45, 2.75) is 6.92 Å². The molecule has 7 aromatic rings. The Kier molecular flexibility index (Phi) is 7.03. The molecule has 0 atom stereocenters. The van der Waals surface area contributed by atoms with Gasteiger partial charge in [0.1, 0.15) is 0 Å². The molecule has 0 aliphatic heterocycles. The van der Waals surface area contributed by atoms with E-state index >= 15 is 0 Å². The zero-order valence-electron chi connectivity index (χ0n) is 24.3. The highest BCUT2D eigenvalue weighted by molar-refractivity contribution is 6.06. The average molecular weight is 549 g/mol. The molecule has 0 heteroatoms. The van der Waals surface area contributed by atoms with E-state index in [1.807, 2.05) is 6.08 Å². The van der Waals surface area contributed by atoms with Crippen molar-refractivity contribution in [3.63, 3.8) is 0 Å². The highest BCUT2D eigenvalue weighted by Gasteiger charge is 2.15. The van der Waals surface area contributed by atoms with E-state index in [0.717, 1.165) is 0 Å². The van der Waals surface area contributed by atoms with Gasteiger partial charge >= 0.3 is 0 Å². The maximum absolute atomic E-state index is 4.10. The Morgan fingerprint density at radius 3 is 1.53 bits per heavy atom. The minimum absolute atomic E-state index is 1.19. The molecule has 0 bridgehead atoms. The predicted molar refractivity (Wildman–Crippen MR) is 187 cm³/mol. The van der Waals surface area contributed by atoms with Crippen LogP contribution < -0.4 is 10.4 Å². The summed E-state index contributed by atoms with van der Waals surface area (Å²) < 4.78 is 0. The van der Waals surface area contributed by atoms with E-state index in [0.29, 0.717) is 0 Å². The Bertz CT molecular complexity index is 2210. The minimum Gasteiger partial charge on any atom is -0.0990 e. The van der Waals surface area contributed by atoms with Crippen LogP contribution in [0.15, 0.2) is 158 Å². The van der Waals surface area contributed by atoms with Gasteiger partial charge in [-0.05, 0) is 83.4 Å². The molecular formula is C43H32. The molecule has 0 spiro atoms. The molecule has 0 aliphatic rings. The number of fused-ring (bicyclic) bond motifs is 2. The van der Waals surface area contributed by atoms with Gasteiger partial charge < -0.3 is 0 Å². The molecule has 0 radical (unpaired) electrons. The largest absolute Gasteiger partial charge is 0.0990 e. The van der Waals surface area contributed by atoms with E-state index < -0.39 is 0 Å². The molecule has 0 N–H and O–H groups in total. The van der Waals surface area contributed by atoms with Crippen molar-refractivity contribution in [3.05, 3.63) is 169 Å². The average Bonchev–Trinajstić information content (AvgIpc) is 3.08. The molecule has 0 amide bonds. The van der Waals surface area contributed by atoms with Crippen LogP contribution in [0.5, 0.6) is 0 Å². The summed E-state index contributed by atoms with van der Waals surface area (Å²) in [7, 11) is 0. The fourth-order valence-corrected chi connectivity index (χ4v) is 6.44. The zero-order chi connectivity index (χ0) is 29.2. The monoisotopic (exact) mass is 548 g/mol. The topological polar surface area (TPSA) is 0 Å². The van der Waals surface area contributed by atoms with Crippen molar-refractivity contribution in [1.82, 2.24) is 0 Å². The van der Waals surface area contributed by atoms with Gasteiger partial charge in [0.2, 0.25) is 0 Å². The van der Waals surface area contributed by atoms with Gasteiger partial charge in [-0.2, -0.15) is 0 Å². The minimum atomic E-state index is 1.19. The van der Waals surface area contributed by atoms with Crippen LogP contribution >= 0.6 is 0 Å². The fraction of sp³-hybridized carbons (Fsp3) is 0.0233. The molecule has 7 aromatic carbocycles. The first-order chi connectivity index (χ1) is 21.3. The second-order valence-corrected chi connectivity index (χ2v) is 10.9. The number of allylic oxidation sites excluding steroid dienone is 1. The maximum atomic E-state index is 4.10. The molecule has 0 nitrogen and oxygen atoms in total. The molecule has 0 saturated heterocycles. The second kappa shape index (κ2) is 11.4. The molecule has 0 saturated carbocycles. The maximum Gasteiger partial charge on any atom is -0.00265 e. The van der Waals surface area contributed by atoms with E-state index in [2.05, 4.69) is 171 Å².